The lowest BCUT2D eigenvalue weighted by molar-refractivity contribution is 0.0129. The molecule has 1 aromatic rings. The van der Waals surface area contributed by atoms with Gasteiger partial charge in [0.15, 0.2) is 0 Å². The molecule has 0 aromatic carbocycles. The molecule has 9 heteroatoms. The smallest absolute Gasteiger partial charge is 0.255 e. The minimum Gasteiger partial charge on any atom is -0.481 e. The third kappa shape index (κ3) is 3.36. The third-order valence-corrected chi connectivity index (χ3v) is 6.51. The number of pyridine rings is 1. The quantitative estimate of drug-likeness (QED) is 0.789. The number of rotatable bonds is 4. The monoisotopic (exact) mass is 369 g/mol. The molecule has 0 unspecified atom stereocenters. The summed E-state index contributed by atoms with van der Waals surface area (Å²) in [5.74, 6) is 0.325. The molecule has 1 N–H and O–H groups in total. The maximum Gasteiger partial charge on any atom is 0.255 e. The Balaban J connectivity index is 1.79. The van der Waals surface area contributed by atoms with Crippen LogP contribution in [0.15, 0.2) is 18.3 Å². The number of nitrogens with zero attached hydrogens (tertiary/aromatic N) is 3. The van der Waals surface area contributed by atoms with Crippen molar-refractivity contribution in [2.24, 2.45) is 11.3 Å². The van der Waals surface area contributed by atoms with E-state index >= 15 is 0 Å². The first-order valence-corrected chi connectivity index (χ1v) is 9.99. The number of aliphatic hydroxyl groups is 1. The van der Waals surface area contributed by atoms with E-state index in [1.807, 2.05) is 0 Å². The fourth-order valence-electron chi connectivity index (χ4n) is 3.80. The van der Waals surface area contributed by atoms with Gasteiger partial charge in [-0.2, -0.15) is 0 Å². The van der Waals surface area contributed by atoms with Gasteiger partial charge < -0.3 is 14.7 Å². The molecule has 3 heterocycles. The number of piperidine rings is 1. The van der Waals surface area contributed by atoms with Crippen LogP contribution in [-0.4, -0.2) is 79.8 Å². The number of hydrogen-bond acceptors (Lipinski definition) is 6. The van der Waals surface area contributed by atoms with Gasteiger partial charge in [-0.1, -0.05) is 0 Å². The van der Waals surface area contributed by atoms with E-state index in [0.29, 0.717) is 37.5 Å². The summed E-state index contributed by atoms with van der Waals surface area (Å²) in [7, 11) is -1.80. The second kappa shape index (κ2) is 6.54. The zero-order chi connectivity index (χ0) is 18.2. The van der Waals surface area contributed by atoms with Crippen LogP contribution in [0.4, 0.5) is 0 Å². The summed E-state index contributed by atoms with van der Waals surface area (Å²) in [5.41, 5.74) is -0.151. The van der Waals surface area contributed by atoms with E-state index in [9.17, 15) is 18.3 Å². The fourth-order valence-corrected chi connectivity index (χ4v) is 4.74. The Labute approximate surface area is 147 Å². The lowest BCUT2D eigenvalue weighted by Gasteiger charge is -2.43. The highest BCUT2D eigenvalue weighted by Crippen LogP contribution is 2.42. The third-order valence-electron chi connectivity index (χ3n) is 5.30. The molecule has 25 heavy (non-hydrogen) atoms. The highest BCUT2D eigenvalue weighted by molar-refractivity contribution is 7.88. The maximum absolute atomic E-state index is 12.8. The molecule has 2 fully saturated rings. The number of fused-ring (bicyclic) bond motifs is 1. The van der Waals surface area contributed by atoms with E-state index in [-0.39, 0.29) is 25.0 Å². The predicted molar refractivity (Wildman–Crippen MR) is 90.7 cm³/mol. The Morgan fingerprint density at radius 1 is 1.44 bits per heavy atom. The summed E-state index contributed by atoms with van der Waals surface area (Å²) < 4.78 is 30.2. The lowest BCUT2D eigenvalue weighted by atomic mass is 9.74. The Hall–Kier alpha value is -1.71. The average Bonchev–Trinajstić information content (AvgIpc) is 3.01. The Bertz CT molecular complexity index is 752. The van der Waals surface area contributed by atoms with Crippen LogP contribution in [0.25, 0.3) is 0 Å². The van der Waals surface area contributed by atoms with Gasteiger partial charge in [-0.15, -0.1) is 0 Å². The number of ether oxygens (including phenoxy) is 1. The van der Waals surface area contributed by atoms with Crippen LogP contribution < -0.4 is 4.74 Å². The van der Waals surface area contributed by atoms with E-state index in [0.717, 1.165) is 0 Å². The number of aliphatic hydroxyl groups excluding tert-OH is 1. The molecule has 1 amide bonds. The second-order valence-corrected chi connectivity index (χ2v) is 8.86. The topological polar surface area (TPSA) is 100 Å². The predicted octanol–water partition coefficient (Wildman–Crippen LogP) is -0.194. The van der Waals surface area contributed by atoms with Gasteiger partial charge in [-0.05, 0) is 18.4 Å². The SMILES string of the molecule is COc1ccc(C(=O)N2CC[C@@H]3CN(S(C)(=O)=O)C[C@]3(CO)C2)cn1. The summed E-state index contributed by atoms with van der Waals surface area (Å²) in [4.78, 5) is 18.5. The molecule has 8 nitrogen and oxygen atoms in total. The fraction of sp³-hybridized carbons (Fsp3) is 0.625. The van der Waals surface area contributed by atoms with Crippen molar-refractivity contribution in [2.75, 3.05) is 46.2 Å². The molecule has 0 bridgehead atoms. The van der Waals surface area contributed by atoms with E-state index in [2.05, 4.69) is 4.98 Å². The Morgan fingerprint density at radius 2 is 2.20 bits per heavy atom. The van der Waals surface area contributed by atoms with Crippen LogP contribution in [0.1, 0.15) is 16.8 Å². The molecule has 2 aliphatic heterocycles. The van der Waals surface area contributed by atoms with E-state index in [4.69, 9.17) is 4.74 Å². The van der Waals surface area contributed by atoms with Crippen molar-refractivity contribution in [1.82, 2.24) is 14.2 Å². The number of likely N-dealkylation sites (tertiary alicyclic amines) is 1. The molecule has 0 aliphatic carbocycles. The molecule has 138 valence electrons. The van der Waals surface area contributed by atoms with Gasteiger partial charge in [-0.3, -0.25) is 4.79 Å². The molecular weight excluding hydrogens is 346 g/mol. The van der Waals surface area contributed by atoms with Crippen molar-refractivity contribution in [1.29, 1.82) is 0 Å². The molecular formula is C16H23N3O5S. The van der Waals surface area contributed by atoms with Crippen LogP contribution in [0, 0.1) is 11.3 Å². The first kappa shape index (κ1) is 18.1. The molecule has 0 radical (unpaired) electrons. The van der Waals surface area contributed by atoms with Gasteiger partial charge >= 0.3 is 0 Å². The van der Waals surface area contributed by atoms with Gasteiger partial charge in [0.2, 0.25) is 15.9 Å². The lowest BCUT2D eigenvalue weighted by Crippen LogP contribution is -2.52. The Morgan fingerprint density at radius 3 is 2.76 bits per heavy atom. The number of carbonyl (C=O) groups excluding carboxylic acids is 1. The minimum absolute atomic E-state index is 0.0604. The van der Waals surface area contributed by atoms with Crippen molar-refractivity contribution in [3.63, 3.8) is 0 Å². The van der Waals surface area contributed by atoms with Crippen molar-refractivity contribution in [3.8, 4) is 5.88 Å². The van der Waals surface area contributed by atoms with Gasteiger partial charge in [0.05, 0.1) is 25.5 Å². The first-order valence-electron chi connectivity index (χ1n) is 8.14. The van der Waals surface area contributed by atoms with Crippen molar-refractivity contribution < 1.29 is 23.1 Å². The molecule has 3 rings (SSSR count). The van der Waals surface area contributed by atoms with E-state index in [1.54, 1.807) is 17.0 Å². The van der Waals surface area contributed by atoms with Crippen LogP contribution in [0.3, 0.4) is 0 Å². The number of amides is 1. The minimum atomic E-state index is -3.31. The van der Waals surface area contributed by atoms with Crippen LogP contribution >= 0.6 is 0 Å². The number of sulfonamides is 1. The summed E-state index contributed by atoms with van der Waals surface area (Å²) in [6.07, 6.45) is 3.32. The summed E-state index contributed by atoms with van der Waals surface area (Å²) in [5, 5.41) is 9.99. The van der Waals surface area contributed by atoms with Gasteiger partial charge in [0.1, 0.15) is 0 Å². The largest absolute Gasteiger partial charge is 0.481 e. The van der Waals surface area contributed by atoms with Crippen LogP contribution in [0.5, 0.6) is 5.88 Å². The first-order chi connectivity index (χ1) is 11.8. The zero-order valence-corrected chi connectivity index (χ0v) is 15.2. The molecule has 2 aliphatic rings. The summed E-state index contributed by atoms with van der Waals surface area (Å²) >= 11 is 0. The summed E-state index contributed by atoms with van der Waals surface area (Å²) in [6, 6.07) is 3.28. The molecule has 0 spiro atoms. The van der Waals surface area contributed by atoms with E-state index in [1.165, 1.54) is 23.9 Å². The van der Waals surface area contributed by atoms with Crippen molar-refractivity contribution >= 4 is 15.9 Å². The number of hydrogen-bond donors (Lipinski definition) is 1. The normalized spacial score (nSPS) is 27.2. The molecule has 1 aromatic heterocycles. The average molecular weight is 369 g/mol. The number of methoxy groups -OCH3 is 1. The second-order valence-electron chi connectivity index (χ2n) is 6.88. The highest BCUT2D eigenvalue weighted by Gasteiger charge is 2.52. The summed E-state index contributed by atoms with van der Waals surface area (Å²) in [6.45, 7) is 1.39. The number of carbonyl (C=O) groups is 1. The van der Waals surface area contributed by atoms with E-state index < -0.39 is 15.4 Å². The standard InChI is InChI=1S/C16H23N3O5S/c1-24-14-4-3-12(7-17-14)15(21)18-6-5-13-8-19(25(2,22)23)10-16(13,9-18)11-20/h3-4,7,13,20H,5-6,8-11H2,1-2H3/t13-,16+/m1/s1. The van der Waals surface area contributed by atoms with Crippen LogP contribution in [0.2, 0.25) is 0 Å². The van der Waals surface area contributed by atoms with Gasteiger partial charge in [-0.25, -0.2) is 17.7 Å². The Kier molecular flexibility index (Phi) is 4.74. The molecule has 0 saturated carbocycles. The molecule has 2 saturated heterocycles. The molecule has 2 atom stereocenters. The van der Waals surface area contributed by atoms with Crippen molar-refractivity contribution in [3.05, 3.63) is 23.9 Å². The number of aromatic nitrogens is 1. The van der Waals surface area contributed by atoms with Gasteiger partial charge in [0, 0.05) is 43.9 Å². The maximum atomic E-state index is 12.8. The van der Waals surface area contributed by atoms with Gasteiger partial charge in [0.25, 0.3) is 5.91 Å². The van der Waals surface area contributed by atoms with Crippen LogP contribution in [-0.2, 0) is 10.0 Å². The zero-order valence-electron chi connectivity index (χ0n) is 14.4. The highest BCUT2D eigenvalue weighted by atomic mass is 32.2. The van der Waals surface area contributed by atoms with Crippen molar-refractivity contribution in [2.45, 2.75) is 6.42 Å².